The molecule has 0 bridgehead atoms. The number of ether oxygens (including phenoxy) is 3. The minimum absolute atomic E-state index is 0.0173. The lowest BCUT2D eigenvalue weighted by atomic mass is 9.95. The molecule has 1 amide bonds. The predicted octanol–water partition coefficient (Wildman–Crippen LogP) is 4.72. The Bertz CT molecular complexity index is 1260. The minimum atomic E-state index is -0.817. The second-order valence-corrected chi connectivity index (χ2v) is 7.97. The van der Waals surface area contributed by atoms with Gasteiger partial charge in [-0.05, 0) is 55.0 Å². The van der Waals surface area contributed by atoms with Crippen LogP contribution >= 0.6 is 0 Å². The second-order valence-electron chi connectivity index (χ2n) is 7.97. The summed E-state index contributed by atoms with van der Waals surface area (Å²) in [6.07, 6.45) is 0. The molecule has 1 unspecified atom stereocenters. The topological polar surface area (TPSA) is 85.3 Å². The van der Waals surface area contributed by atoms with Gasteiger partial charge >= 0.3 is 0 Å². The maximum Gasteiger partial charge on any atom is 0.295 e. The highest BCUT2D eigenvalue weighted by Crippen LogP contribution is 2.41. The molecule has 3 aromatic carbocycles. The van der Waals surface area contributed by atoms with Crippen LogP contribution in [0.1, 0.15) is 29.7 Å². The van der Waals surface area contributed by atoms with Crippen molar-refractivity contribution in [2.24, 2.45) is 0 Å². The normalized spacial score (nSPS) is 16.9. The van der Waals surface area contributed by atoms with Crippen LogP contribution < -0.4 is 14.2 Å². The molecule has 1 N–H and O–H groups in total. The number of benzene rings is 3. The predicted molar refractivity (Wildman–Crippen MR) is 131 cm³/mol. The van der Waals surface area contributed by atoms with Gasteiger partial charge in [-0.1, -0.05) is 30.3 Å². The number of para-hydroxylation sites is 1. The number of carbonyl (C=O) groups excluding carboxylic acids is 2. The first kappa shape index (κ1) is 23.9. The molecule has 0 spiro atoms. The maximum atomic E-state index is 13.3. The molecule has 1 fully saturated rings. The summed E-state index contributed by atoms with van der Waals surface area (Å²) in [5.74, 6) is 0.126. The average molecular weight is 474 g/mol. The summed E-state index contributed by atoms with van der Waals surface area (Å²) >= 11 is 0. The van der Waals surface area contributed by atoms with Crippen molar-refractivity contribution >= 4 is 17.4 Å². The summed E-state index contributed by atoms with van der Waals surface area (Å²) in [4.78, 5) is 28.0. The van der Waals surface area contributed by atoms with Gasteiger partial charge in [0.05, 0.1) is 39.0 Å². The van der Waals surface area contributed by atoms with Crippen molar-refractivity contribution in [1.82, 2.24) is 4.90 Å². The van der Waals surface area contributed by atoms with Crippen LogP contribution in [0.25, 0.3) is 5.76 Å². The minimum Gasteiger partial charge on any atom is -0.507 e. The fraction of sp³-hybridized carbons (Fsp3) is 0.214. The number of nitrogens with zero attached hydrogens (tertiary/aromatic N) is 1. The van der Waals surface area contributed by atoms with Crippen LogP contribution in [0, 0.1) is 0 Å². The summed E-state index contributed by atoms with van der Waals surface area (Å²) in [6, 6.07) is 20.4. The zero-order chi connectivity index (χ0) is 24.9. The van der Waals surface area contributed by atoms with Crippen LogP contribution in [0.5, 0.6) is 17.2 Å². The Morgan fingerprint density at radius 3 is 2.34 bits per heavy atom. The van der Waals surface area contributed by atoms with Gasteiger partial charge < -0.3 is 24.2 Å². The standard InChI is InChI=1S/C28H27NO6/c1-4-35-22-10-7-9-19(16-22)25-24(26(30)18-12-14-21(33-2)15-13-18)27(31)28(32)29(25)17-20-8-5-6-11-23(20)34-3/h5-16,25,30H,4,17H2,1-3H3/b26-24-. The summed E-state index contributed by atoms with van der Waals surface area (Å²) in [7, 11) is 3.10. The fourth-order valence-corrected chi connectivity index (χ4v) is 4.25. The van der Waals surface area contributed by atoms with Gasteiger partial charge in [0.15, 0.2) is 0 Å². The highest BCUT2D eigenvalue weighted by Gasteiger charge is 2.46. The molecule has 1 heterocycles. The summed E-state index contributed by atoms with van der Waals surface area (Å²) in [5.41, 5.74) is 1.82. The summed E-state index contributed by atoms with van der Waals surface area (Å²) in [5, 5.41) is 11.2. The van der Waals surface area contributed by atoms with E-state index in [1.165, 1.54) is 4.90 Å². The van der Waals surface area contributed by atoms with Crippen LogP contribution in [0.3, 0.4) is 0 Å². The number of aliphatic hydroxyl groups excluding tert-OH is 1. The molecule has 0 radical (unpaired) electrons. The number of aliphatic hydroxyl groups is 1. The third-order valence-corrected chi connectivity index (χ3v) is 5.92. The molecule has 0 saturated carbocycles. The molecule has 3 aromatic rings. The van der Waals surface area contributed by atoms with Crippen molar-refractivity contribution in [2.75, 3.05) is 20.8 Å². The SMILES string of the molecule is CCOc1cccc(C2/C(=C(/O)c3ccc(OC)cc3)C(=O)C(=O)N2Cc2ccccc2OC)c1. The van der Waals surface area contributed by atoms with Crippen molar-refractivity contribution in [3.63, 3.8) is 0 Å². The molecule has 35 heavy (non-hydrogen) atoms. The number of ketones is 1. The number of hydrogen-bond acceptors (Lipinski definition) is 6. The molecule has 4 rings (SSSR count). The van der Waals surface area contributed by atoms with Crippen molar-refractivity contribution < 1.29 is 28.9 Å². The molecule has 0 aromatic heterocycles. The van der Waals surface area contributed by atoms with E-state index < -0.39 is 17.7 Å². The molecular formula is C28H27NO6. The third kappa shape index (κ3) is 4.71. The van der Waals surface area contributed by atoms with E-state index in [4.69, 9.17) is 14.2 Å². The zero-order valence-electron chi connectivity index (χ0n) is 19.9. The molecule has 180 valence electrons. The lowest BCUT2D eigenvalue weighted by molar-refractivity contribution is -0.140. The van der Waals surface area contributed by atoms with E-state index in [1.807, 2.05) is 37.3 Å². The Hall–Kier alpha value is -4.26. The second kappa shape index (κ2) is 10.3. The Morgan fingerprint density at radius 1 is 0.914 bits per heavy atom. The molecule has 1 aliphatic heterocycles. The number of amides is 1. The lowest BCUT2D eigenvalue weighted by Crippen LogP contribution is -2.29. The van der Waals surface area contributed by atoms with Gasteiger partial charge in [0, 0.05) is 11.1 Å². The third-order valence-electron chi connectivity index (χ3n) is 5.92. The fourth-order valence-electron chi connectivity index (χ4n) is 4.25. The van der Waals surface area contributed by atoms with E-state index in [0.29, 0.717) is 35.0 Å². The number of hydrogen-bond donors (Lipinski definition) is 1. The first-order chi connectivity index (χ1) is 17.0. The Morgan fingerprint density at radius 2 is 1.66 bits per heavy atom. The smallest absolute Gasteiger partial charge is 0.295 e. The number of carbonyl (C=O) groups is 2. The Balaban J connectivity index is 1.86. The van der Waals surface area contributed by atoms with E-state index in [-0.39, 0.29) is 17.9 Å². The molecular weight excluding hydrogens is 446 g/mol. The van der Waals surface area contributed by atoms with Crippen molar-refractivity contribution in [2.45, 2.75) is 19.5 Å². The maximum absolute atomic E-state index is 13.3. The molecule has 1 saturated heterocycles. The first-order valence-corrected chi connectivity index (χ1v) is 11.3. The number of rotatable bonds is 8. The lowest BCUT2D eigenvalue weighted by Gasteiger charge is -2.26. The van der Waals surface area contributed by atoms with Gasteiger partial charge in [-0.15, -0.1) is 0 Å². The van der Waals surface area contributed by atoms with Crippen LogP contribution in [-0.2, 0) is 16.1 Å². The highest BCUT2D eigenvalue weighted by molar-refractivity contribution is 6.46. The molecule has 0 aliphatic carbocycles. The zero-order valence-corrected chi connectivity index (χ0v) is 19.9. The van der Waals surface area contributed by atoms with Gasteiger partial charge in [0.2, 0.25) is 0 Å². The van der Waals surface area contributed by atoms with Crippen molar-refractivity contribution in [1.29, 1.82) is 0 Å². The molecule has 7 heteroatoms. The Kier molecular flexibility index (Phi) is 7.06. The summed E-state index contributed by atoms with van der Waals surface area (Å²) in [6.45, 7) is 2.47. The van der Waals surface area contributed by atoms with Gasteiger partial charge in [-0.25, -0.2) is 0 Å². The molecule has 1 atom stereocenters. The van der Waals surface area contributed by atoms with Crippen LogP contribution in [0.15, 0.2) is 78.4 Å². The van der Waals surface area contributed by atoms with Gasteiger partial charge in [0.1, 0.15) is 23.0 Å². The van der Waals surface area contributed by atoms with Crippen LogP contribution in [0.4, 0.5) is 0 Å². The van der Waals surface area contributed by atoms with Crippen molar-refractivity contribution in [3.05, 3.63) is 95.1 Å². The van der Waals surface area contributed by atoms with E-state index in [0.717, 1.165) is 5.56 Å². The van der Waals surface area contributed by atoms with Crippen molar-refractivity contribution in [3.8, 4) is 17.2 Å². The highest BCUT2D eigenvalue weighted by atomic mass is 16.5. The van der Waals surface area contributed by atoms with Gasteiger partial charge in [-0.3, -0.25) is 9.59 Å². The molecule has 7 nitrogen and oxygen atoms in total. The van der Waals surface area contributed by atoms with E-state index in [1.54, 1.807) is 56.7 Å². The quantitative estimate of drug-likeness (QED) is 0.289. The number of likely N-dealkylation sites (tertiary alicyclic amines) is 1. The average Bonchev–Trinajstić information content (AvgIpc) is 3.14. The molecule has 1 aliphatic rings. The van der Waals surface area contributed by atoms with Crippen LogP contribution in [0.2, 0.25) is 0 Å². The summed E-state index contributed by atoms with van der Waals surface area (Å²) < 4.78 is 16.3. The van der Waals surface area contributed by atoms with Crippen LogP contribution in [-0.4, -0.2) is 42.5 Å². The Labute approximate surface area is 204 Å². The van der Waals surface area contributed by atoms with E-state index >= 15 is 0 Å². The number of Topliss-reactive ketones (excluding diaryl/α,β-unsaturated/α-hetero) is 1. The van der Waals surface area contributed by atoms with Gasteiger partial charge in [0.25, 0.3) is 11.7 Å². The monoisotopic (exact) mass is 473 g/mol. The van der Waals surface area contributed by atoms with Gasteiger partial charge in [-0.2, -0.15) is 0 Å². The van der Waals surface area contributed by atoms with E-state index in [2.05, 4.69) is 0 Å². The van der Waals surface area contributed by atoms with E-state index in [9.17, 15) is 14.7 Å². The largest absolute Gasteiger partial charge is 0.507 e. The first-order valence-electron chi connectivity index (χ1n) is 11.3. The number of methoxy groups -OCH3 is 2.